The first-order valence-corrected chi connectivity index (χ1v) is 14.2. The van der Waals surface area contributed by atoms with Crippen molar-refractivity contribution in [3.05, 3.63) is 149 Å². The van der Waals surface area contributed by atoms with Crippen molar-refractivity contribution < 1.29 is 0 Å². The van der Waals surface area contributed by atoms with Crippen molar-refractivity contribution in [1.29, 1.82) is 0 Å². The first-order valence-electron chi connectivity index (χ1n) is 14.2. The van der Waals surface area contributed by atoms with Crippen LogP contribution in [-0.4, -0.2) is 17.1 Å². The molecule has 3 nitrogen and oxygen atoms in total. The monoisotopic (exact) mass is 515 g/mol. The minimum absolute atomic E-state index is 0.00706. The van der Waals surface area contributed by atoms with Gasteiger partial charge in [-0.05, 0) is 45.7 Å². The summed E-state index contributed by atoms with van der Waals surface area (Å²) in [5, 5.41) is 8.94. The predicted molar refractivity (Wildman–Crippen MR) is 165 cm³/mol. The van der Waals surface area contributed by atoms with E-state index >= 15 is 0 Å². The smallest absolute Gasteiger partial charge is 0.0943 e. The lowest BCUT2D eigenvalue weighted by Gasteiger charge is -2.42. The molecule has 3 atom stereocenters. The molecule has 39 heavy (non-hydrogen) atoms. The van der Waals surface area contributed by atoms with E-state index in [-0.39, 0.29) is 18.1 Å². The zero-order chi connectivity index (χ0) is 27.4. The van der Waals surface area contributed by atoms with Gasteiger partial charge in [-0.3, -0.25) is 0 Å². The number of anilines is 1. The van der Waals surface area contributed by atoms with Crippen molar-refractivity contribution in [1.82, 2.24) is 10.0 Å². The highest BCUT2D eigenvalue weighted by Crippen LogP contribution is 2.44. The maximum absolute atomic E-state index is 4.14. The summed E-state index contributed by atoms with van der Waals surface area (Å²) < 4.78 is 0. The predicted octanol–water partition coefficient (Wildman–Crippen LogP) is 9.25. The number of nitrogens with one attached hydrogen (secondary N) is 1. The molecule has 200 valence electrons. The molecule has 0 bridgehead atoms. The number of benzene rings is 4. The molecule has 0 aliphatic carbocycles. The zero-order valence-electron chi connectivity index (χ0n) is 23.8. The third-order valence-corrected chi connectivity index (χ3v) is 7.90. The fourth-order valence-corrected chi connectivity index (χ4v) is 5.84. The number of likely N-dealkylation sites (N-methyl/N-ethyl adjacent to an activating group) is 1. The molecule has 1 aliphatic heterocycles. The second-order valence-electron chi connectivity index (χ2n) is 11.2. The molecule has 4 aromatic carbocycles. The molecule has 0 amide bonds. The van der Waals surface area contributed by atoms with Crippen molar-refractivity contribution in [2.45, 2.75) is 57.7 Å². The number of hydrogen-bond acceptors (Lipinski definition) is 3. The molecule has 0 saturated heterocycles. The highest BCUT2D eigenvalue weighted by atomic mass is 15.6. The Labute approximate surface area is 234 Å². The molecule has 0 spiro atoms. The van der Waals surface area contributed by atoms with Crippen molar-refractivity contribution in [3.63, 3.8) is 0 Å². The number of nitrogens with zero attached hydrogens (tertiary/aromatic N) is 2. The van der Waals surface area contributed by atoms with Crippen LogP contribution in [0.1, 0.15) is 85.5 Å². The summed E-state index contributed by atoms with van der Waals surface area (Å²) in [6, 6.07) is 39.6. The number of rotatable bonds is 9. The Morgan fingerprint density at radius 1 is 0.615 bits per heavy atom. The lowest BCUT2D eigenvalue weighted by atomic mass is 9.89. The molecule has 5 rings (SSSR count). The normalized spacial score (nSPS) is 17.1. The first-order chi connectivity index (χ1) is 19.0. The van der Waals surface area contributed by atoms with Gasteiger partial charge in [0.15, 0.2) is 0 Å². The van der Waals surface area contributed by atoms with E-state index in [0.717, 1.165) is 0 Å². The lowest BCUT2D eigenvalue weighted by Crippen LogP contribution is -2.41. The van der Waals surface area contributed by atoms with Crippen LogP contribution in [0, 0.1) is 0 Å². The average Bonchev–Trinajstić information content (AvgIpc) is 3.34. The topological polar surface area (TPSA) is 18.5 Å². The van der Waals surface area contributed by atoms with Crippen molar-refractivity contribution >= 4 is 5.69 Å². The molecule has 0 radical (unpaired) electrons. The molecule has 1 unspecified atom stereocenters. The molecule has 3 heteroatoms. The van der Waals surface area contributed by atoms with Gasteiger partial charge in [0.1, 0.15) is 0 Å². The fraction of sp³-hybridized carbons (Fsp3) is 0.278. The second kappa shape index (κ2) is 11.9. The Morgan fingerprint density at radius 2 is 1.13 bits per heavy atom. The van der Waals surface area contributed by atoms with E-state index in [1.54, 1.807) is 0 Å². The summed E-state index contributed by atoms with van der Waals surface area (Å²) in [6.07, 6.45) is 4.58. The minimum Gasteiger partial charge on any atom is -0.375 e. The SMILES string of the molecule is CC(C)c1cccc(C(C)C)c1N[C@@H](c1ccccc1)[C@H](c1ccccc1)N1C=CC(c2ccccc2)N1C. The van der Waals surface area contributed by atoms with Crippen LogP contribution in [0.5, 0.6) is 0 Å². The molecular formula is C36H41N3. The molecule has 1 N–H and O–H groups in total. The van der Waals surface area contributed by atoms with E-state index in [2.05, 4.69) is 172 Å². The Morgan fingerprint density at radius 3 is 1.67 bits per heavy atom. The number of para-hydroxylation sites is 1. The van der Waals surface area contributed by atoms with Gasteiger partial charge in [-0.2, -0.15) is 0 Å². The van der Waals surface area contributed by atoms with Crippen molar-refractivity contribution in [3.8, 4) is 0 Å². The van der Waals surface area contributed by atoms with Gasteiger partial charge in [0.2, 0.25) is 0 Å². The van der Waals surface area contributed by atoms with Crippen LogP contribution in [-0.2, 0) is 0 Å². The van der Waals surface area contributed by atoms with Gasteiger partial charge in [0, 0.05) is 18.9 Å². The third kappa shape index (κ3) is 5.65. The van der Waals surface area contributed by atoms with Crippen LogP contribution in [0.2, 0.25) is 0 Å². The van der Waals surface area contributed by atoms with Crippen LogP contribution in [0.25, 0.3) is 0 Å². The number of hydrazine groups is 1. The number of hydrogen-bond donors (Lipinski definition) is 1. The van der Waals surface area contributed by atoms with Gasteiger partial charge in [-0.25, -0.2) is 5.01 Å². The van der Waals surface area contributed by atoms with Crippen LogP contribution in [0.3, 0.4) is 0 Å². The highest BCUT2D eigenvalue weighted by Gasteiger charge is 2.36. The molecule has 0 fully saturated rings. The lowest BCUT2D eigenvalue weighted by molar-refractivity contribution is -0.00269. The summed E-state index contributed by atoms with van der Waals surface area (Å²) in [5.41, 5.74) is 7.83. The molecule has 4 aromatic rings. The minimum atomic E-state index is 0.00706. The Balaban J connectivity index is 1.64. The molecule has 1 aliphatic rings. The Bertz CT molecular complexity index is 1340. The molecule has 0 aromatic heterocycles. The largest absolute Gasteiger partial charge is 0.375 e. The maximum atomic E-state index is 4.14. The third-order valence-electron chi connectivity index (χ3n) is 7.90. The van der Waals surface area contributed by atoms with Gasteiger partial charge in [0.05, 0.1) is 18.1 Å². The quantitative estimate of drug-likeness (QED) is 0.240. The van der Waals surface area contributed by atoms with Crippen LogP contribution >= 0.6 is 0 Å². The average molecular weight is 516 g/mol. The van der Waals surface area contributed by atoms with Gasteiger partial charge in [-0.15, -0.1) is 0 Å². The van der Waals surface area contributed by atoms with Gasteiger partial charge < -0.3 is 10.3 Å². The molecule has 1 heterocycles. The summed E-state index contributed by atoms with van der Waals surface area (Å²) in [4.78, 5) is 0. The standard InChI is InChI=1S/C36H41N3/c1-26(2)31-22-15-23-32(27(3)4)35(31)37-34(29-18-11-7-12-19-29)36(30-20-13-8-14-21-30)39-25-24-33(38(39)5)28-16-9-6-10-17-28/h6-27,33-34,36-37H,1-5H3/t33?,34-,36-/m0/s1. The summed E-state index contributed by atoms with van der Waals surface area (Å²) in [6.45, 7) is 9.16. The second-order valence-corrected chi connectivity index (χ2v) is 11.2. The first kappa shape index (κ1) is 26.8. The van der Waals surface area contributed by atoms with Crippen molar-refractivity contribution in [2.75, 3.05) is 12.4 Å². The Kier molecular flexibility index (Phi) is 8.18. The van der Waals surface area contributed by atoms with Gasteiger partial charge in [-0.1, -0.05) is 137 Å². The van der Waals surface area contributed by atoms with E-state index in [1.165, 1.54) is 33.5 Å². The summed E-state index contributed by atoms with van der Waals surface area (Å²) >= 11 is 0. The van der Waals surface area contributed by atoms with E-state index in [0.29, 0.717) is 11.8 Å². The van der Waals surface area contributed by atoms with Crippen LogP contribution in [0.15, 0.2) is 121 Å². The Hall–Kier alpha value is -3.82. The maximum Gasteiger partial charge on any atom is 0.0943 e. The van der Waals surface area contributed by atoms with Crippen LogP contribution in [0.4, 0.5) is 5.69 Å². The van der Waals surface area contributed by atoms with E-state index in [1.807, 2.05) is 0 Å². The summed E-state index contributed by atoms with van der Waals surface area (Å²) in [7, 11) is 2.21. The molecular weight excluding hydrogens is 474 g/mol. The van der Waals surface area contributed by atoms with Gasteiger partial charge >= 0.3 is 0 Å². The fourth-order valence-electron chi connectivity index (χ4n) is 5.84. The van der Waals surface area contributed by atoms with E-state index < -0.39 is 0 Å². The van der Waals surface area contributed by atoms with Crippen molar-refractivity contribution in [2.24, 2.45) is 0 Å². The van der Waals surface area contributed by atoms with E-state index in [4.69, 9.17) is 0 Å². The molecule has 0 saturated carbocycles. The van der Waals surface area contributed by atoms with Crippen LogP contribution < -0.4 is 5.32 Å². The highest BCUT2D eigenvalue weighted by molar-refractivity contribution is 5.61. The summed E-state index contributed by atoms with van der Waals surface area (Å²) in [5.74, 6) is 0.823. The zero-order valence-corrected chi connectivity index (χ0v) is 23.8. The van der Waals surface area contributed by atoms with E-state index in [9.17, 15) is 0 Å². The van der Waals surface area contributed by atoms with Gasteiger partial charge in [0.25, 0.3) is 0 Å².